The summed E-state index contributed by atoms with van der Waals surface area (Å²) in [5.41, 5.74) is 2.99. The summed E-state index contributed by atoms with van der Waals surface area (Å²) in [6.07, 6.45) is 1.82. The highest BCUT2D eigenvalue weighted by atomic mass is 16.5. The number of benzene rings is 2. The van der Waals surface area contributed by atoms with E-state index in [1.807, 2.05) is 81.0 Å². The van der Waals surface area contributed by atoms with Gasteiger partial charge in [-0.3, -0.25) is 4.98 Å². The van der Waals surface area contributed by atoms with Crippen LogP contribution >= 0.6 is 0 Å². The topological polar surface area (TPSA) is 25.4 Å². The Hall–Kier alpha value is -2.81. The molecule has 0 aliphatic carbocycles. The molecule has 0 saturated heterocycles. The minimum absolute atomic E-state index is 0.803. The molecule has 3 heteroatoms. The molecule has 22 heavy (non-hydrogen) atoms. The fraction of sp³-hybridized carbons (Fsp3) is 0.105. The molecule has 0 unspecified atom stereocenters. The third kappa shape index (κ3) is 3.09. The first-order valence-corrected chi connectivity index (χ1v) is 7.20. The molecule has 3 aromatic rings. The van der Waals surface area contributed by atoms with Gasteiger partial charge in [0.2, 0.25) is 0 Å². The Morgan fingerprint density at radius 2 is 1.59 bits per heavy atom. The highest BCUT2D eigenvalue weighted by Crippen LogP contribution is 2.33. The van der Waals surface area contributed by atoms with E-state index in [4.69, 9.17) is 4.74 Å². The van der Waals surface area contributed by atoms with E-state index >= 15 is 0 Å². The van der Waals surface area contributed by atoms with E-state index in [-0.39, 0.29) is 0 Å². The van der Waals surface area contributed by atoms with Gasteiger partial charge in [0.15, 0.2) is 0 Å². The van der Waals surface area contributed by atoms with Crippen LogP contribution in [0.4, 0.5) is 5.69 Å². The summed E-state index contributed by atoms with van der Waals surface area (Å²) >= 11 is 0. The number of hydrogen-bond donors (Lipinski definition) is 0. The fourth-order valence-corrected chi connectivity index (χ4v) is 2.23. The van der Waals surface area contributed by atoms with Crippen molar-refractivity contribution in [1.82, 2.24) is 4.98 Å². The van der Waals surface area contributed by atoms with Gasteiger partial charge in [-0.15, -0.1) is 0 Å². The molecule has 1 heterocycles. The second kappa shape index (κ2) is 6.31. The van der Waals surface area contributed by atoms with Crippen molar-refractivity contribution in [2.24, 2.45) is 0 Å². The molecule has 0 fully saturated rings. The SMILES string of the molecule is CN(C)c1ccnc(-c2ccccc2Oc2ccccc2)c1. The number of anilines is 1. The molecule has 0 radical (unpaired) electrons. The molecule has 1 aromatic heterocycles. The first-order valence-electron chi connectivity index (χ1n) is 7.20. The van der Waals surface area contributed by atoms with Crippen LogP contribution in [-0.2, 0) is 0 Å². The minimum atomic E-state index is 0.803. The van der Waals surface area contributed by atoms with Crippen LogP contribution in [-0.4, -0.2) is 19.1 Å². The smallest absolute Gasteiger partial charge is 0.136 e. The molecule has 0 aliphatic rings. The van der Waals surface area contributed by atoms with Crippen LogP contribution in [0.1, 0.15) is 0 Å². The van der Waals surface area contributed by atoms with Crippen molar-refractivity contribution in [3.05, 3.63) is 72.9 Å². The number of pyridine rings is 1. The van der Waals surface area contributed by atoms with E-state index in [1.165, 1.54) is 0 Å². The molecule has 3 nitrogen and oxygen atoms in total. The van der Waals surface area contributed by atoms with E-state index in [0.29, 0.717) is 0 Å². The van der Waals surface area contributed by atoms with Gasteiger partial charge in [-0.05, 0) is 36.4 Å². The molecule has 0 N–H and O–H groups in total. The second-order valence-electron chi connectivity index (χ2n) is 5.20. The lowest BCUT2D eigenvalue weighted by atomic mass is 10.1. The highest BCUT2D eigenvalue weighted by Gasteiger charge is 2.09. The molecule has 0 spiro atoms. The van der Waals surface area contributed by atoms with Crippen molar-refractivity contribution < 1.29 is 4.74 Å². The highest BCUT2D eigenvalue weighted by molar-refractivity contribution is 5.70. The van der Waals surface area contributed by atoms with Crippen LogP contribution < -0.4 is 9.64 Å². The predicted molar refractivity (Wildman–Crippen MR) is 90.5 cm³/mol. The third-order valence-corrected chi connectivity index (χ3v) is 3.39. The van der Waals surface area contributed by atoms with Crippen LogP contribution in [0.3, 0.4) is 0 Å². The van der Waals surface area contributed by atoms with Gasteiger partial charge < -0.3 is 9.64 Å². The standard InChI is InChI=1S/C19H18N2O/c1-21(2)15-12-13-20-18(14-15)17-10-6-7-11-19(17)22-16-8-4-3-5-9-16/h3-14H,1-2H3. The van der Waals surface area contributed by atoms with E-state index < -0.39 is 0 Å². The predicted octanol–water partition coefficient (Wildman–Crippen LogP) is 4.61. The number of aromatic nitrogens is 1. The lowest BCUT2D eigenvalue weighted by molar-refractivity contribution is 0.484. The zero-order chi connectivity index (χ0) is 15.4. The van der Waals surface area contributed by atoms with Crippen LogP contribution in [0, 0.1) is 0 Å². The summed E-state index contributed by atoms with van der Waals surface area (Å²) in [5, 5.41) is 0. The first-order chi connectivity index (χ1) is 10.7. The summed E-state index contributed by atoms with van der Waals surface area (Å²) in [5.74, 6) is 1.62. The molecule has 0 aliphatic heterocycles. The van der Waals surface area contributed by atoms with Gasteiger partial charge in [-0.2, -0.15) is 0 Å². The number of para-hydroxylation sites is 2. The molecule has 3 rings (SSSR count). The maximum Gasteiger partial charge on any atom is 0.136 e. The lowest BCUT2D eigenvalue weighted by Crippen LogP contribution is -2.08. The third-order valence-electron chi connectivity index (χ3n) is 3.39. The molecular formula is C19H18N2O. The molecule has 0 amide bonds. The van der Waals surface area contributed by atoms with E-state index in [1.54, 1.807) is 0 Å². The summed E-state index contributed by atoms with van der Waals surface area (Å²) in [4.78, 5) is 6.55. The number of ether oxygens (including phenoxy) is 1. The number of nitrogens with zero attached hydrogens (tertiary/aromatic N) is 2. The lowest BCUT2D eigenvalue weighted by Gasteiger charge is -2.15. The quantitative estimate of drug-likeness (QED) is 0.701. The Kier molecular flexibility index (Phi) is 4.05. The van der Waals surface area contributed by atoms with Gasteiger partial charge in [0.1, 0.15) is 11.5 Å². The normalized spacial score (nSPS) is 10.3. The summed E-state index contributed by atoms with van der Waals surface area (Å²) in [7, 11) is 4.04. The van der Waals surface area contributed by atoms with E-state index in [0.717, 1.165) is 28.4 Å². The molecule has 0 bridgehead atoms. The van der Waals surface area contributed by atoms with Crippen molar-refractivity contribution >= 4 is 5.69 Å². The Labute approximate surface area is 130 Å². The summed E-state index contributed by atoms with van der Waals surface area (Å²) < 4.78 is 6.01. The van der Waals surface area contributed by atoms with Gasteiger partial charge in [-0.1, -0.05) is 30.3 Å². The van der Waals surface area contributed by atoms with Gasteiger partial charge >= 0.3 is 0 Å². The Morgan fingerprint density at radius 1 is 0.864 bits per heavy atom. The molecule has 0 atom stereocenters. The minimum Gasteiger partial charge on any atom is -0.457 e. The van der Waals surface area contributed by atoms with Crippen molar-refractivity contribution in [3.8, 4) is 22.8 Å². The van der Waals surface area contributed by atoms with Crippen LogP contribution in [0.15, 0.2) is 72.9 Å². The maximum absolute atomic E-state index is 6.01. The average molecular weight is 290 g/mol. The van der Waals surface area contributed by atoms with Gasteiger partial charge in [0.05, 0.1) is 5.69 Å². The number of hydrogen-bond acceptors (Lipinski definition) is 3. The van der Waals surface area contributed by atoms with Crippen LogP contribution in [0.5, 0.6) is 11.5 Å². The van der Waals surface area contributed by atoms with Crippen molar-refractivity contribution in [2.45, 2.75) is 0 Å². The maximum atomic E-state index is 6.01. The number of rotatable bonds is 4. The Bertz CT molecular complexity index is 754. The summed E-state index contributed by atoms with van der Waals surface area (Å²) in [6.45, 7) is 0. The first kappa shape index (κ1) is 14.1. The van der Waals surface area contributed by atoms with Gasteiger partial charge in [-0.25, -0.2) is 0 Å². The Morgan fingerprint density at radius 3 is 2.36 bits per heavy atom. The molecular weight excluding hydrogens is 272 g/mol. The monoisotopic (exact) mass is 290 g/mol. The van der Waals surface area contributed by atoms with Crippen LogP contribution in [0.25, 0.3) is 11.3 Å². The Balaban J connectivity index is 1.99. The molecule has 0 saturated carbocycles. The average Bonchev–Trinajstić information content (AvgIpc) is 2.56. The van der Waals surface area contributed by atoms with Crippen molar-refractivity contribution in [2.75, 3.05) is 19.0 Å². The molecule has 2 aromatic carbocycles. The second-order valence-corrected chi connectivity index (χ2v) is 5.20. The van der Waals surface area contributed by atoms with E-state index in [2.05, 4.69) is 16.0 Å². The summed E-state index contributed by atoms with van der Waals surface area (Å²) in [6, 6.07) is 21.8. The fourth-order valence-electron chi connectivity index (χ4n) is 2.23. The zero-order valence-corrected chi connectivity index (χ0v) is 12.7. The molecule has 110 valence electrons. The van der Waals surface area contributed by atoms with E-state index in [9.17, 15) is 0 Å². The van der Waals surface area contributed by atoms with Crippen molar-refractivity contribution in [1.29, 1.82) is 0 Å². The van der Waals surface area contributed by atoms with Crippen LogP contribution in [0.2, 0.25) is 0 Å². The van der Waals surface area contributed by atoms with Crippen molar-refractivity contribution in [3.63, 3.8) is 0 Å². The zero-order valence-electron chi connectivity index (χ0n) is 12.7. The van der Waals surface area contributed by atoms with Gasteiger partial charge in [0.25, 0.3) is 0 Å². The van der Waals surface area contributed by atoms with Gasteiger partial charge in [0, 0.05) is 31.5 Å². The largest absolute Gasteiger partial charge is 0.457 e.